The molecule has 2 saturated heterocycles. The van der Waals surface area contributed by atoms with E-state index in [1.54, 1.807) is 0 Å². The predicted octanol–water partition coefficient (Wildman–Crippen LogP) is 4.34. The standard InChI is InChI=1S/C24H22O4/c1-2-18(14-20-7-11-22(12-8-20)28-24-16-26-24)4-3-17(1)13-19-5-9-21(10-6-19)27-23-15-25-23/h1-12,23-24H,13-16H2. The Hall–Kier alpha value is -2.82. The van der Waals surface area contributed by atoms with Gasteiger partial charge in [-0.2, -0.15) is 0 Å². The topological polar surface area (TPSA) is 43.5 Å². The van der Waals surface area contributed by atoms with Gasteiger partial charge in [0, 0.05) is 0 Å². The molecule has 5 rings (SSSR count). The van der Waals surface area contributed by atoms with E-state index in [0.29, 0.717) is 13.2 Å². The van der Waals surface area contributed by atoms with Crippen LogP contribution in [0.15, 0.2) is 72.8 Å². The minimum atomic E-state index is -0.0469. The molecule has 2 aliphatic rings. The van der Waals surface area contributed by atoms with Crippen LogP contribution in [0.3, 0.4) is 0 Å². The summed E-state index contributed by atoms with van der Waals surface area (Å²) >= 11 is 0. The first-order valence-electron chi connectivity index (χ1n) is 9.62. The first-order chi connectivity index (χ1) is 13.8. The second kappa shape index (κ2) is 7.66. The molecule has 3 aromatic carbocycles. The molecule has 0 bridgehead atoms. The van der Waals surface area contributed by atoms with Gasteiger partial charge in [0.1, 0.15) is 24.7 Å². The molecule has 2 aliphatic heterocycles. The van der Waals surface area contributed by atoms with E-state index in [4.69, 9.17) is 18.9 Å². The van der Waals surface area contributed by atoms with E-state index in [9.17, 15) is 0 Å². The molecule has 3 aromatic rings. The Morgan fingerprint density at radius 3 is 1.11 bits per heavy atom. The Labute approximate surface area is 164 Å². The van der Waals surface area contributed by atoms with E-state index in [1.807, 2.05) is 24.3 Å². The van der Waals surface area contributed by atoms with Crippen molar-refractivity contribution >= 4 is 0 Å². The van der Waals surface area contributed by atoms with Crippen LogP contribution < -0.4 is 9.47 Å². The van der Waals surface area contributed by atoms with Gasteiger partial charge in [-0.15, -0.1) is 0 Å². The van der Waals surface area contributed by atoms with E-state index >= 15 is 0 Å². The lowest BCUT2D eigenvalue weighted by Crippen LogP contribution is -1.98. The second-order valence-corrected chi connectivity index (χ2v) is 7.22. The molecule has 0 spiro atoms. The van der Waals surface area contributed by atoms with Crippen molar-refractivity contribution < 1.29 is 18.9 Å². The molecule has 0 saturated carbocycles. The summed E-state index contributed by atoms with van der Waals surface area (Å²) in [5.41, 5.74) is 5.14. The molecule has 28 heavy (non-hydrogen) atoms. The van der Waals surface area contributed by atoms with Gasteiger partial charge < -0.3 is 18.9 Å². The lowest BCUT2D eigenvalue weighted by atomic mass is 10.0. The van der Waals surface area contributed by atoms with Crippen LogP contribution in [0.5, 0.6) is 11.5 Å². The van der Waals surface area contributed by atoms with E-state index in [0.717, 1.165) is 24.3 Å². The normalized spacial score (nSPS) is 19.9. The Morgan fingerprint density at radius 2 is 0.821 bits per heavy atom. The van der Waals surface area contributed by atoms with E-state index in [1.165, 1.54) is 22.3 Å². The van der Waals surface area contributed by atoms with Gasteiger partial charge in [-0.05, 0) is 59.4 Å². The maximum atomic E-state index is 5.60. The zero-order chi connectivity index (χ0) is 18.8. The molecule has 2 atom stereocenters. The van der Waals surface area contributed by atoms with Gasteiger partial charge in [0.2, 0.25) is 12.6 Å². The van der Waals surface area contributed by atoms with Gasteiger partial charge in [0.25, 0.3) is 0 Å². The number of hydrogen-bond donors (Lipinski definition) is 0. The Kier molecular flexibility index (Phi) is 4.73. The van der Waals surface area contributed by atoms with Gasteiger partial charge in [-0.3, -0.25) is 0 Å². The van der Waals surface area contributed by atoms with Crippen LogP contribution in [0, 0.1) is 0 Å². The van der Waals surface area contributed by atoms with Crippen molar-refractivity contribution in [3.63, 3.8) is 0 Å². The highest BCUT2D eigenvalue weighted by Gasteiger charge is 2.25. The lowest BCUT2D eigenvalue weighted by Gasteiger charge is -2.07. The molecular formula is C24H22O4. The summed E-state index contributed by atoms with van der Waals surface area (Å²) in [7, 11) is 0. The highest BCUT2D eigenvalue weighted by atomic mass is 16.8. The molecule has 4 heteroatoms. The molecule has 0 radical (unpaired) electrons. The summed E-state index contributed by atoms with van der Waals surface area (Å²) in [5.74, 6) is 1.73. The number of hydrogen-bond acceptors (Lipinski definition) is 4. The largest absolute Gasteiger partial charge is 0.462 e. The Morgan fingerprint density at radius 1 is 0.536 bits per heavy atom. The molecular weight excluding hydrogens is 352 g/mol. The summed E-state index contributed by atoms with van der Waals surface area (Å²) in [5, 5.41) is 0. The van der Waals surface area contributed by atoms with Crippen molar-refractivity contribution in [2.24, 2.45) is 0 Å². The molecule has 2 fully saturated rings. The van der Waals surface area contributed by atoms with Crippen LogP contribution in [-0.4, -0.2) is 25.8 Å². The maximum Gasteiger partial charge on any atom is 0.223 e. The first kappa shape index (κ1) is 17.3. The zero-order valence-corrected chi connectivity index (χ0v) is 15.5. The van der Waals surface area contributed by atoms with Gasteiger partial charge >= 0.3 is 0 Å². The molecule has 0 aliphatic carbocycles. The summed E-state index contributed by atoms with van der Waals surface area (Å²) in [4.78, 5) is 0. The fourth-order valence-corrected chi connectivity index (χ4v) is 3.14. The lowest BCUT2D eigenvalue weighted by molar-refractivity contribution is 0.179. The van der Waals surface area contributed by atoms with Crippen molar-refractivity contribution in [1.82, 2.24) is 0 Å². The number of rotatable bonds is 8. The van der Waals surface area contributed by atoms with Crippen LogP contribution in [0.1, 0.15) is 22.3 Å². The third-order valence-corrected chi connectivity index (χ3v) is 4.83. The van der Waals surface area contributed by atoms with Gasteiger partial charge in [0.15, 0.2) is 0 Å². The summed E-state index contributed by atoms with van der Waals surface area (Å²) in [6, 6.07) is 25.3. The number of epoxide rings is 2. The molecule has 0 N–H and O–H groups in total. The van der Waals surface area contributed by atoms with Crippen LogP contribution in [0.4, 0.5) is 0 Å². The molecule has 142 valence electrons. The summed E-state index contributed by atoms with van der Waals surface area (Å²) in [6.07, 6.45) is 1.73. The summed E-state index contributed by atoms with van der Waals surface area (Å²) < 4.78 is 21.4. The molecule has 2 unspecified atom stereocenters. The minimum absolute atomic E-state index is 0.0469. The van der Waals surface area contributed by atoms with Crippen LogP contribution in [0.25, 0.3) is 0 Å². The van der Waals surface area contributed by atoms with E-state index in [-0.39, 0.29) is 12.6 Å². The minimum Gasteiger partial charge on any atom is -0.462 e. The Bertz CT molecular complexity index is 830. The zero-order valence-electron chi connectivity index (χ0n) is 15.5. The fourth-order valence-electron chi connectivity index (χ4n) is 3.14. The van der Waals surface area contributed by atoms with Gasteiger partial charge in [-0.1, -0.05) is 48.5 Å². The molecule has 2 heterocycles. The third kappa shape index (κ3) is 4.71. The quantitative estimate of drug-likeness (QED) is 0.550. The first-order valence-corrected chi connectivity index (χ1v) is 9.62. The van der Waals surface area contributed by atoms with Crippen molar-refractivity contribution in [3.05, 3.63) is 95.1 Å². The number of ether oxygens (including phenoxy) is 4. The van der Waals surface area contributed by atoms with Crippen LogP contribution in [0.2, 0.25) is 0 Å². The Balaban J connectivity index is 1.16. The molecule has 4 nitrogen and oxygen atoms in total. The van der Waals surface area contributed by atoms with Crippen molar-refractivity contribution in [2.45, 2.75) is 25.4 Å². The highest BCUT2D eigenvalue weighted by molar-refractivity contribution is 5.35. The van der Waals surface area contributed by atoms with E-state index in [2.05, 4.69) is 48.5 Å². The smallest absolute Gasteiger partial charge is 0.223 e. The summed E-state index contributed by atoms with van der Waals surface area (Å²) in [6.45, 7) is 1.39. The fraction of sp³-hybridized carbons (Fsp3) is 0.250. The van der Waals surface area contributed by atoms with Crippen LogP contribution in [-0.2, 0) is 22.3 Å². The van der Waals surface area contributed by atoms with Crippen molar-refractivity contribution in [2.75, 3.05) is 13.2 Å². The van der Waals surface area contributed by atoms with E-state index < -0.39 is 0 Å². The second-order valence-electron chi connectivity index (χ2n) is 7.22. The predicted molar refractivity (Wildman–Crippen MR) is 106 cm³/mol. The van der Waals surface area contributed by atoms with Gasteiger partial charge in [-0.25, -0.2) is 0 Å². The SMILES string of the molecule is c1cc(Cc2ccc(OC3CO3)cc2)ccc1Cc1ccc(OC2CO2)cc1. The average molecular weight is 374 g/mol. The third-order valence-electron chi connectivity index (χ3n) is 4.83. The molecule has 0 amide bonds. The van der Waals surface area contributed by atoms with Crippen LogP contribution >= 0.6 is 0 Å². The monoisotopic (exact) mass is 374 g/mol. The van der Waals surface area contributed by atoms with Gasteiger partial charge in [0.05, 0.1) is 0 Å². The highest BCUT2D eigenvalue weighted by Crippen LogP contribution is 2.22. The van der Waals surface area contributed by atoms with Crippen molar-refractivity contribution in [3.8, 4) is 11.5 Å². The average Bonchev–Trinajstić information content (AvgIpc) is 3.64. The number of benzene rings is 3. The molecule has 0 aromatic heterocycles. The maximum absolute atomic E-state index is 5.60. The van der Waals surface area contributed by atoms with Crippen molar-refractivity contribution in [1.29, 1.82) is 0 Å².